The largest absolute Gasteiger partial charge is 0.506 e. The van der Waals surface area contributed by atoms with Crippen molar-refractivity contribution in [2.75, 3.05) is 11.5 Å². The van der Waals surface area contributed by atoms with Crippen molar-refractivity contribution in [3.63, 3.8) is 0 Å². The number of hydrogen-bond acceptors (Lipinski definition) is 6. The molecule has 0 spiro atoms. The van der Waals surface area contributed by atoms with Crippen molar-refractivity contribution in [3.8, 4) is 69.3 Å². The van der Waals surface area contributed by atoms with Gasteiger partial charge in [0.1, 0.15) is 34.5 Å². The van der Waals surface area contributed by atoms with Crippen molar-refractivity contribution in [3.05, 3.63) is 180 Å². The number of hydrogen-bond donors (Lipinski definition) is 4. The summed E-state index contributed by atoms with van der Waals surface area (Å²) in [5.41, 5.74) is 17.2. The van der Waals surface area contributed by atoms with Gasteiger partial charge in [0.2, 0.25) is 0 Å². The van der Waals surface area contributed by atoms with Crippen LogP contribution in [0.25, 0.3) is 32.7 Å². The molecule has 0 saturated heterocycles. The molecule has 0 heterocycles. The molecule has 8 rings (SSSR count). The smallest absolute Gasteiger partial charge is 0.142 e. The van der Waals surface area contributed by atoms with Gasteiger partial charge in [0.25, 0.3) is 0 Å². The summed E-state index contributed by atoms with van der Waals surface area (Å²) in [6.07, 6.45) is 0. The predicted octanol–water partition coefficient (Wildman–Crippen LogP) is 10.6. The zero-order valence-electron chi connectivity index (χ0n) is 28.9. The summed E-state index contributed by atoms with van der Waals surface area (Å²) in [5, 5.41) is 24.6. The number of ether oxygens (including phenoxy) is 2. The van der Waals surface area contributed by atoms with Gasteiger partial charge >= 0.3 is 0 Å². The highest BCUT2D eigenvalue weighted by atomic mass is 16.5. The molecule has 0 amide bonds. The fourth-order valence-corrected chi connectivity index (χ4v) is 6.20. The molecule has 0 bridgehead atoms. The Labute approximate surface area is 312 Å². The molecule has 0 aliphatic rings. The lowest BCUT2D eigenvalue weighted by molar-refractivity contribution is 0.454. The van der Waals surface area contributed by atoms with Gasteiger partial charge < -0.3 is 31.2 Å². The fraction of sp³-hybridized carbons (Fsp3) is 0. The molecule has 0 saturated carbocycles. The molecule has 6 N–H and O–H groups in total. The second-order valence-corrected chi connectivity index (χ2v) is 12.6. The minimum absolute atomic E-state index is 0.0905. The first-order valence-corrected chi connectivity index (χ1v) is 17.2. The van der Waals surface area contributed by atoms with E-state index in [0.717, 1.165) is 54.9 Å². The Bertz CT molecular complexity index is 2630. The summed E-state index contributed by atoms with van der Waals surface area (Å²) in [4.78, 5) is 0. The number of rotatable bonds is 5. The van der Waals surface area contributed by atoms with Crippen LogP contribution in [0.15, 0.2) is 158 Å². The molecule has 0 atom stereocenters. The fourth-order valence-electron chi connectivity index (χ4n) is 6.20. The van der Waals surface area contributed by atoms with Crippen molar-refractivity contribution in [2.24, 2.45) is 0 Å². The summed E-state index contributed by atoms with van der Waals surface area (Å²) >= 11 is 0. The van der Waals surface area contributed by atoms with Gasteiger partial charge in [-0.05, 0) is 106 Å². The maximum absolute atomic E-state index is 10.5. The quantitative estimate of drug-likeness (QED) is 0.0808. The molecule has 0 radical (unpaired) electrons. The van der Waals surface area contributed by atoms with Crippen LogP contribution in [0.1, 0.15) is 22.3 Å². The summed E-state index contributed by atoms with van der Waals surface area (Å²) in [7, 11) is 0. The molecular weight excluding hydrogens is 669 g/mol. The average Bonchev–Trinajstić information content (AvgIpc) is 3.20. The van der Waals surface area contributed by atoms with Crippen molar-refractivity contribution in [2.45, 2.75) is 0 Å². The number of benzene rings is 8. The Morgan fingerprint density at radius 2 is 0.778 bits per heavy atom. The average molecular weight is 701 g/mol. The number of anilines is 2. The first-order valence-electron chi connectivity index (χ1n) is 17.2. The van der Waals surface area contributed by atoms with E-state index in [-0.39, 0.29) is 22.9 Å². The third kappa shape index (κ3) is 7.05. The summed E-state index contributed by atoms with van der Waals surface area (Å²) < 4.78 is 13.2. The molecule has 0 fully saturated rings. The third-order valence-corrected chi connectivity index (χ3v) is 8.93. The number of phenols is 2. The number of phenolic OH excluding ortho intramolecular Hbond substituents is 2. The molecule has 8 aromatic rings. The Hall–Kier alpha value is -7.80. The molecule has 6 heteroatoms. The van der Waals surface area contributed by atoms with E-state index >= 15 is 0 Å². The van der Waals surface area contributed by atoms with Gasteiger partial charge in [-0.2, -0.15) is 0 Å². The predicted molar refractivity (Wildman–Crippen MR) is 217 cm³/mol. The van der Waals surface area contributed by atoms with Crippen molar-refractivity contribution in [1.82, 2.24) is 0 Å². The molecule has 54 heavy (non-hydrogen) atoms. The first kappa shape index (κ1) is 33.3. The molecule has 258 valence electrons. The van der Waals surface area contributed by atoms with Crippen LogP contribution in [-0.4, -0.2) is 10.2 Å². The Balaban J connectivity index is 1.41. The summed E-state index contributed by atoms with van der Waals surface area (Å²) in [6, 6.07) is 49.2. The maximum atomic E-state index is 10.5. The van der Waals surface area contributed by atoms with E-state index in [2.05, 4.69) is 23.7 Å². The molecular formula is C48H32N2O4. The van der Waals surface area contributed by atoms with Gasteiger partial charge in [-0.3, -0.25) is 0 Å². The maximum Gasteiger partial charge on any atom is 0.142 e. The number of aromatic hydroxyl groups is 2. The van der Waals surface area contributed by atoms with E-state index in [9.17, 15) is 10.2 Å². The molecule has 0 aromatic heterocycles. The first-order chi connectivity index (χ1) is 26.4. The minimum Gasteiger partial charge on any atom is -0.506 e. The van der Waals surface area contributed by atoms with E-state index in [0.29, 0.717) is 23.0 Å². The second kappa shape index (κ2) is 14.4. The van der Waals surface area contributed by atoms with Crippen LogP contribution in [0.3, 0.4) is 0 Å². The standard InChI is InChI=1S/C48H32N2O4/c49-41-23-21-37(29-43(41)51)53-45-25-19-35-17-15-33(13-11-31-7-3-1-4-8-31)27-39(35)47(45)48-40-28-34(14-12-32-9-5-2-6-10-32)16-18-36(40)20-26-46(48)54-38-22-24-42(50)44(52)30-38/h1-10,15-30,51-52H,49-50H2. The van der Waals surface area contributed by atoms with Gasteiger partial charge in [-0.25, -0.2) is 0 Å². The third-order valence-electron chi connectivity index (χ3n) is 8.93. The van der Waals surface area contributed by atoms with Crippen LogP contribution in [0.2, 0.25) is 0 Å². The van der Waals surface area contributed by atoms with E-state index in [1.165, 1.54) is 12.1 Å². The topological polar surface area (TPSA) is 111 Å². The monoisotopic (exact) mass is 700 g/mol. The molecule has 0 unspecified atom stereocenters. The second-order valence-electron chi connectivity index (χ2n) is 12.6. The molecule has 0 aliphatic carbocycles. The number of nitrogen functional groups attached to an aromatic ring is 2. The van der Waals surface area contributed by atoms with Crippen LogP contribution in [0, 0.1) is 23.7 Å². The lowest BCUT2D eigenvalue weighted by Gasteiger charge is -2.20. The lowest BCUT2D eigenvalue weighted by atomic mass is 9.90. The molecule has 0 aliphatic heterocycles. The SMILES string of the molecule is Nc1ccc(Oc2ccc3ccc(C#Cc4ccccc4)cc3c2-c2c(Oc3ccc(N)c(O)c3)ccc3ccc(C#Cc4ccccc4)cc23)cc1O. The molecule has 6 nitrogen and oxygen atoms in total. The number of nitrogens with two attached hydrogens (primary N) is 2. The van der Waals surface area contributed by atoms with Crippen LogP contribution >= 0.6 is 0 Å². The number of fused-ring (bicyclic) bond motifs is 2. The zero-order valence-corrected chi connectivity index (χ0v) is 28.9. The summed E-state index contributed by atoms with van der Waals surface area (Å²) in [5.74, 6) is 14.8. The van der Waals surface area contributed by atoms with E-state index in [1.807, 2.05) is 121 Å². The highest BCUT2D eigenvalue weighted by Crippen LogP contribution is 2.48. The summed E-state index contributed by atoms with van der Waals surface area (Å²) in [6.45, 7) is 0. The minimum atomic E-state index is -0.0905. The van der Waals surface area contributed by atoms with E-state index in [1.54, 1.807) is 24.3 Å². The van der Waals surface area contributed by atoms with Gasteiger partial charge in [0.15, 0.2) is 0 Å². The van der Waals surface area contributed by atoms with Gasteiger partial charge in [-0.1, -0.05) is 84.3 Å². The van der Waals surface area contributed by atoms with Gasteiger partial charge in [0, 0.05) is 45.5 Å². The Morgan fingerprint density at radius 1 is 0.389 bits per heavy atom. The highest BCUT2D eigenvalue weighted by molar-refractivity contribution is 6.10. The lowest BCUT2D eigenvalue weighted by Crippen LogP contribution is -1.96. The van der Waals surface area contributed by atoms with E-state index < -0.39 is 0 Å². The Kier molecular flexibility index (Phi) is 8.92. The normalized spacial score (nSPS) is 10.6. The zero-order chi connectivity index (χ0) is 37.0. The molecule has 8 aromatic carbocycles. The van der Waals surface area contributed by atoms with Gasteiger partial charge in [-0.15, -0.1) is 0 Å². The van der Waals surface area contributed by atoms with Crippen LogP contribution in [0.4, 0.5) is 11.4 Å². The van der Waals surface area contributed by atoms with Crippen LogP contribution in [-0.2, 0) is 0 Å². The van der Waals surface area contributed by atoms with E-state index in [4.69, 9.17) is 20.9 Å². The highest BCUT2D eigenvalue weighted by Gasteiger charge is 2.21. The Morgan fingerprint density at radius 3 is 1.19 bits per heavy atom. The van der Waals surface area contributed by atoms with Crippen LogP contribution < -0.4 is 20.9 Å². The van der Waals surface area contributed by atoms with Gasteiger partial charge in [0.05, 0.1) is 11.4 Å². The van der Waals surface area contributed by atoms with Crippen molar-refractivity contribution in [1.29, 1.82) is 0 Å². The van der Waals surface area contributed by atoms with Crippen molar-refractivity contribution < 1.29 is 19.7 Å². The van der Waals surface area contributed by atoms with Crippen molar-refractivity contribution >= 4 is 32.9 Å². The van der Waals surface area contributed by atoms with Crippen LogP contribution in [0.5, 0.6) is 34.5 Å².